The molecule has 5 aliphatic rings. The van der Waals surface area contributed by atoms with Crippen LogP contribution in [0.25, 0.3) is 5.95 Å². The zero-order valence-electron chi connectivity index (χ0n) is 32.7. The van der Waals surface area contributed by atoms with E-state index in [9.17, 15) is 9.90 Å². The van der Waals surface area contributed by atoms with Crippen LogP contribution in [0.2, 0.25) is 0 Å². The van der Waals surface area contributed by atoms with E-state index in [-0.39, 0.29) is 46.1 Å². The number of hydrogen-bond acceptors (Lipinski definition) is 8. The van der Waals surface area contributed by atoms with Gasteiger partial charge in [0.25, 0.3) is 5.95 Å². The molecule has 51 heavy (non-hydrogen) atoms. The standard InChI is InChI=1S/C40H63N7O4/c1-24(2)26(5)36(7)15-16-37(8)27-11-12-30-35(6)17-29(47-34(43-22-45-47)46-23-42-21-44-46)32(51-19-39(10,41)25(3)4)40(30,20-50-18-35)28(27)13-14-38(37,9)31(36)33(48)49/h13,21-27,29-32H,11-12,14-20,41H2,1-10H3,(H,48,49)/t26-,27+,29-,30-,31-,32+,35-,36-,37-,38+,39+,40+/m1/s1. The first-order valence-electron chi connectivity index (χ1n) is 19.5. The monoisotopic (exact) mass is 705 g/mol. The maximum atomic E-state index is 13.6. The van der Waals surface area contributed by atoms with Crippen molar-refractivity contribution in [3.05, 3.63) is 30.6 Å². The smallest absolute Gasteiger partial charge is 0.307 e. The van der Waals surface area contributed by atoms with Gasteiger partial charge in [-0.05, 0) is 96.7 Å². The predicted octanol–water partition coefficient (Wildman–Crippen LogP) is 6.75. The molecule has 4 fully saturated rings. The molecule has 0 unspecified atom stereocenters. The van der Waals surface area contributed by atoms with Gasteiger partial charge in [-0.25, -0.2) is 9.67 Å². The maximum absolute atomic E-state index is 13.6. The summed E-state index contributed by atoms with van der Waals surface area (Å²) < 4.78 is 17.8. The zero-order valence-corrected chi connectivity index (χ0v) is 32.7. The van der Waals surface area contributed by atoms with E-state index in [0.29, 0.717) is 37.6 Å². The molecule has 11 nitrogen and oxygen atoms in total. The average Bonchev–Trinajstić information content (AvgIpc) is 3.76. The van der Waals surface area contributed by atoms with Gasteiger partial charge in [0.15, 0.2) is 0 Å². The summed E-state index contributed by atoms with van der Waals surface area (Å²) >= 11 is 0. The minimum Gasteiger partial charge on any atom is -0.481 e. The molecule has 282 valence electrons. The Labute approximate surface area is 304 Å². The Kier molecular flexibility index (Phi) is 8.78. The first kappa shape index (κ1) is 36.7. The summed E-state index contributed by atoms with van der Waals surface area (Å²) in [6.07, 6.45) is 12.5. The quantitative estimate of drug-likeness (QED) is 0.271. The molecule has 2 aromatic rings. The highest BCUT2D eigenvalue weighted by Crippen LogP contribution is 2.75. The SMILES string of the molecule is CC(C)[C@@H](C)[C@@]1(C)CC[C@]2(C)[C@H]3CC[C@@H]4[C@@]5(C)COC[C@@]4(C3=CC[C@@]2(C)[C@@H]1C(=O)O)[C@@H](OC[C@](C)(N)C(C)C)[C@H](n1ncnc1-n1cncn1)C5. The number of allylic oxidation sites excluding steroid dienone is 1. The van der Waals surface area contributed by atoms with E-state index in [2.05, 4.69) is 90.4 Å². The summed E-state index contributed by atoms with van der Waals surface area (Å²) in [6, 6.07) is -0.158. The molecule has 3 heterocycles. The topological polar surface area (TPSA) is 143 Å². The van der Waals surface area contributed by atoms with Gasteiger partial charge in [0.2, 0.25) is 0 Å². The van der Waals surface area contributed by atoms with E-state index in [1.165, 1.54) is 11.9 Å². The number of carbonyl (C=O) groups is 1. The van der Waals surface area contributed by atoms with Gasteiger partial charge in [-0.15, -0.1) is 0 Å². The number of nitrogens with two attached hydrogens (primary N) is 1. The Balaban J connectivity index is 1.40. The first-order valence-corrected chi connectivity index (χ1v) is 19.5. The van der Waals surface area contributed by atoms with Crippen molar-refractivity contribution in [1.82, 2.24) is 29.5 Å². The van der Waals surface area contributed by atoms with Crippen molar-refractivity contribution >= 4 is 5.97 Å². The van der Waals surface area contributed by atoms with E-state index >= 15 is 0 Å². The molecule has 0 radical (unpaired) electrons. The third-order valence-corrected chi connectivity index (χ3v) is 16.4. The van der Waals surface area contributed by atoms with E-state index in [0.717, 1.165) is 38.5 Å². The van der Waals surface area contributed by atoms with Gasteiger partial charge in [-0.2, -0.15) is 19.9 Å². The number of ether oxygens (including phenoxy) is 2. The number of carboxylic acid groups (broad SMARTS) is 1. The normalized spacial score (nSPS) is 42.4. The molecule has 7 rings (SSSR count). The Morgan fingerprint density at radius 2 is 1.82 bits per heavy atom. The lowest BCUT2D eigenvalue weighted by Gasteiger charge is -2.71. The summed E-state index contributed by atoms with van der Waals surface area (Å²) in [4.78, 5) is 22.5. The van der Waals surface area contributed by atoms with Gasteiger partial charge >= 0.3 is 5.97 Å². The van der Waals surface area contributed by atoms with Crippen molar-refractivity contribution in [3.8, 4) is 5.95 Å². The second-order valence-corrected chi connectivity index (χ2v) is 19.4. The summed E-state index contributed by atoms with van der Waals surface area (Å²) in [5, 5.41) is 20.5. The van der Waals surface area contributed by atoms with Crippen LogP contribution in [-0.4, -0.2) is 72.1 Å². The van der Waals surface area contributed by atoms with Gasteiger partial charge in [0.1, 0.15) is 19.0 Å². The minimum absolute atomic E-state index is 0.132. The maximum Gasteiger partial charge on any atom is 0.307 e. The average molecular weight is 706 g/mol. The Morgan fingerprint density at radius 3 is 2.47 bits per heavy atom. The van der Waals surface area contributed by atoms with Crippen LogP contribution in [0.5, 0.6) is 0 Å². The van der Waals surface area contributed by atoms with Gasteiger partial charge in [-0.3, -0.25) is 4.79 Å². The number of aliphatic carboxylic acids is 1. The first-order chi connectivity index (χ1) is 23.9. The molecule has 1 aliphatic heterocycles. The van der Waals surface area contributed by atoms with Gasteiger partial charge in [0, 0.05) is 11.0 Å². The Bertz CT molecular complexity index is 1650. The number of fused-ring (bicyclic) bond motifs is 3. The molecule has 4 aliphatic carbocycles. The van der Waals surface area contributed by atoms with Crippen LogP contribution in [-0.2, 0) is 14.3 Å². The molecular weight excluding hydrogens is 642 g/mol. The van der Waals surface area contributed by atoms with E-state index in [4.69, 9.17) is 20.3 Å². The second kappa shape index (κ2) is 12.2. The lowest BCUT2D eigenvalue weighted by atomic mass is 9.34. The van der Waals surface area contributed by atoms with Crippen molar-refractivity contribution in [3.63, 3.8) is 0 Å². The number of carboxylic acids is 1. The van der Waals surface area contributed by atoms with Gasteiger partial charge < -0.3 is 20.3 Å². The molecule has 2 bridgehead atoms. The fraction of sp³-hybridized carbons (Fsp3) is 0.825. The molecule has 0 spiro atoms. The van der Waals surface area contributed by atoms with Crippen molar-refractivity contribution in [1.29, 1.82) is 0 Å². The molecule has 12 atom stereocenters. The van der Waals surface area contributed by atoms with Crippen molar-refractivity contribution < 1.29 is 19.4 Å². The summed E-state index contributed by atoms with van der Waals surface area (Å²) in [5.41, 5.74) is 6.36. The number of rotatable bonds is 9. The van der Waals surface area contributed by atoms with E-state index in [1.54, 1.807) is 17.3 Å². The van der Waals surface area contributed by atoms with Gasteiger partial charge in [-0.1, -0.05) is 74.0 Å². The van der Waals surface area contributed by atoms with Crippen molar-refractivity contribution in [2.75, 3.05) is 19.8 Å². The minimum atomic E-state index is -0.641. The summed E-state index contributed by atoms with van der Waals surface area (Å²) in [6.45, 7) is 24.2. The van der Waals surface area contributed by atoms with E-state index in [1.807, 2.05) is 4.68 Å². The summed E-state index contributed by atoms with van der Waals surface area (Å²) in [7, 11) is 0. The Hall–Kier alpha value is -2.63. The number of nitrogens with zero attached hydrogens (tertiary/aromatic N) is 6. The van der Waals surface area contributed by atoms with Crippen LogP contribution in [0.3, 0.4) is 0 Å². The van der Waals surface area contributed by atoms with Crippen LogP contribution in [0.1, 0.15) is 114 Å². The molecule has 2 aromatic heterocycles. The molecule has 3 N–H and O–H groups in total. The Morgan fingerprint density at radius 1 is 1.08 bits per heavy atom. The van der Waals surface area contributed by atoms with Crippen molar-refractivity contribution in [2.45, 2.75) is 125 Å². The van der Waals surface area contributed by atoms with Crippen molar-refractivity contribution in [2.24, 2.45) is 68.3 Å². The molecule has 1 saturated heterocycles. The number of aromatic nitrogens is 6. The molecule has 11 heteroatoms. The van der Waals surface area contributed by atoms with Crippen LogP contribution < -0.4 is 5.73 Å². The molecular formula is C40H63N7O4. The lowest BCUT2D eigenvalue weighted by Crippen LogP contribution is -2.70. The van der Waals surface area contributed by atoms with Crippen LogP contribution in [0, 0.1) is 62.6 Å². The highest BCUT2D eigenvalue weighted by molar-refractivity contribution is 5.73. The fourth-order valence-corrected chi connectivity index (χ4v) is 12.5. The number of hydrogen-bond donors (Lipinski definition) is 2. The highest BCUT2D eigenvalue weighted by atomic mass is 16.5. The second-order valence-electron chi connectivity index (χ2n) is 19.4. The van der Waals surface area contributed by atoms with Crippen LogP contribution in [0.15, 0.2) is 30.6 Å². The molecule has 0 aromatic carbocycles. The highest BCUT2D eigenvalue weighted by Gasteiger charge is 2.72. The van der Waals surface area contributed by atoms with Crippen LogP contribution in [0.4, 0.5) is 0 Å². The third-order valence-electron chi connectivity index (χ3n) is 16.4. The lowest BCUT2D eigenvalue weighted by molar-refractivity contribution is -0.254. The fourth-order valence-electron chi connectivity index (χ4n) is 12.5. The van der Waals surface area contributed by atoms with Crippen LogP contribution >= 0.6 is 0 Å². The molecule has 3 saturated carbocycles. The zero-order chi connectivity index (χ0) is 36.9. The largest absolute Gasteiger partial charge is 0.481 e. The summed E-state index contributed by atoms with van der Waals surface area (Å²) in [5.74, 6) is 0.977. The predicted molar refractivity (Wildman–Crippen MR) is 195 cm³/mol. The molecule has 0 amide bonds. The third kappa shape index (κ3) is 5.09. The van der Waals surface area contributed by atoms with Gasteiger partial charge in [0.05, 0.1) is 37.9 Å². The van der Waals surface area contributed by atoms with E-state index < -0.39 is 28.3 Å².